The SMILES string of the molecule is CCN=C(/C=C/C=C/C=C1/N(CCCCCC(=O)NCCN2C(=O)CC(SC[C@@H](NC(=O)[C@@H](CCCNC(=N)N)NC(=O)[C@@H](CCCNC(=N)N)NC(=O)[C@@H](CCCNC(=N)N)NC(=O)[C@@H](CCCNC(=N)N)NC(=O)[C@@H](CCCNC(=N)N)NC(=O)[C@H](C)CCCNC(=N)N)C(N)=O)C2=O)c2ccc(S(=O)(=O)O)cc2C1(C)C)C(C)(C)c1cc(S(=O)[O-])ccc1C. The smallest absolute Gasteiger partial charge is 0.294 e. The first-order chi connectivity index (χ1) is 59.8. The number of nitrogens with zero attached hydrogens (tertiary/aromatic N) is 3. The monoisotopic (exact) mass is 1830 g/mol. The van der Waals surface area contributed by atoms with Crippen LogP contribution < -0.4 is 114 Å². The number of thioether (sulfide) groups is 1. The molecule has 2 heterocycles. The van der Waals surface area contributed by atoms with Gasteiger partial charge in [-0.25, -0.2) is 0 Å². The number of unbranched alkanes of at least 4 members (excludes halogenated alkanes) is 2. The number of allylic oxidation sites excluding steroid dienone is 6. The molecule has 0 aromatic heterocycles. The van der Waals surface area contributed by atoms with Crippen LogP contribution in [0, 0.1) is 45.3 Å². The van der Waals surface area contributed by atoms with Gasteiger partial charge < -0.3 is 119 Å². The molecule has 2 unspecified atom stereocenters. The molecule has 1 fully saturated rings. The van der Waals surface area contributed by atoms with Crippen molar-refractivity contribution in [3.8, 4) is 0 Å². The van der Waals surface area contributed by atoms with Crippen molar-refractivity contribution in [1.82, 2.24) is 74.0 Å². The third kappa shape index (κ3) is 37.2. The number of fused-ring (bicyclic) bond motifs is 1. The first-order valence-electron chi connectivity index (χ1n) is 41.8. The molecule has 34 N–H and O–H groups in total. The highest BCUT2D eigenvalue weighted by atomic mass is 32.2. The lowest BCUT2D eigenvalue weighted by Gasteiger charge is -2.28. The normalized spacial score (nSPS) is 16.0. The van der Waals surface area contributed by atoms with Gasteiger partial charge in [0.25, 0.3) is 10.1 Å². The maximum absolute atomic E-state index is 14.8. The van der Waals surface area contributed by atoms with Gasteiger partial charge in [-0.15, -0.1) is 11.8 Å². The Bertz CT molecular complexity index is 4510. The summed E-state index contributed by atoms with van der Waals surface area (Å²) in [6.45, 7) is 14.4. The van der Waals surface area contributed by atoms with E-state index in [1.807, 2.05) is 71.9 Å². The van der Waals surface area contributed by atoms with Crippen LogP contribution in [-0.2, 0) is 80.0 Å². The molecule has 9 atom stereocenters. The lowest BCUT2D eigenvalue weighted by atomic mass is 9.77. The molecule has 47 heteroatoms. The van der Waals surface area contributed by atoms with Crippen LogP contribution in [0.5, 0.6) is 0 Å². The van der Waals surface area contributed by atoms with Crippen molar-refractivity contribution in [3.05, 3.63) is 89.2 Å². The number of aliphatic imine (C=N–C) groups is 1. The van der Waals surface area contributed by atoms with Crippen LogP contribution in [0.4, 0.5) is 5.69 Å². The Morgan fingerprint density at radius 3 is 1.43 bits per heavy atom. The number of carbonyl (C=O) groups is 10. The summed E-state index contributed by atoms with van der Waals surface area (Å²) in [6, 6.07) is 0.552. The number of likely N-dealkylation sites (tertiary alicyclic amines) is 1. The number of imide groups is 1. The van der Waals surface area contributed by atoms with E-state index in [2.05, 4.69) is 74.0 Å². The fourth-order valence-corrected chi connectivity index (χ4v) is 16.1. The zero-order valence-corrected chi connectivity index (χ0v) is 75.5. The zero-order valence-electron chi connectivity index (χ0n) is 73.0. The van der Waals surface area contributed by atoms with E-state index in [4.69, 9.17) is 77.6 Å². The van der Waals surface area contributed by atoms with E-state index in [9.17, 15) is 69.7 Å². The van der Waals surface area contributed by atoms with E-state index in [-0.39, 0.29) is 156 Å². The van der Waals surface area contributed by atoms with Crippen molar-refractivity contribution in [2.75, 3.05) is 76.1 Å². The highest BCUT2D eigenvalue weighted by molar-refractivity contribution is 8.00. The van der Waals surface area contributed by atoms with Gasteiger partial charge in [0.15, 0.2) is 35.8 Å². The van der Waals surface area contributed by atoms with E-state index in [1.165, 1.54) is 12.1 Å². The van der Waals surface area contributed by atoms with Gasteiger partial charge in [-0.3, -0.25) is 99.1 Å². The molecule has 4 rings (SSSR count). The Kier molecular flexibility index (Phi) is 45.2. The number of amides is 10. The van der Waals surface area contributed by atoms with Crippen molar-refractivity contribution in [3.63, 3.8) is 0 Å². The van der Waals surface area contributed by atoms with E-state index in [0.717, 1.165) is 44.9 Å². The topological polar surface area (TPSA) is 766 Å². The molecule has 2 aliphatic heterocycles. The molecule has 2 aromatic carbocycles. The third-order valence-electron chi connectivity index (χ3n) is 20.9. The molecule has 44 nitrogen and oxygen atoms in total. The fourth-order valence-electron chi connectivity index (χ4n) is 14.0. The quantitative estimate of drug-likeness (QED) is 0.00658. The van der Waals surface area contributed by atoms with Crippen LogP contribution >= 0.6 is 11.8 Å². The maximum Gasteiger partial charge on any atom is 0.294 e. The number of primary amides is 1. The number of nitrogens with two attached hydrogens (primary N) is 7. The lowest BCUT2D eigenvalue weighted by Crippen LogP contribution is -2.60. The molecule has 0 bridgehead atoms. The van der Waals surface area contributed by atoms with Gasteiger partial charge in [0.2, 0.25) is 59.1 Å². The molecule has 2 aromatic rings. The number of guanidine groups is 6. The van der Waals surface area contributed by atoms with Crippen LogP contribution in [0.3, 0.4) is 0 Å². The number of benzene rings is 2. The van der Waals surface area contributed by atoms with Gasteiger partial charge in [-0.05, 0) is 174 Å². The van der Waals surface area contributed by atoms with E-state index < -0.39 is 156 Å². The minimum absolute atomic E-state index is 0.00167. The van der Waals surface area contributed by atoms with Gasteiger partial charge >= 0.3 is 0 Å². The standard InChI is InChI=1S/C80H131N29O15S3/c1-8-94-61(79(4,5)51-43-49(126(120)121)31-30-47(51)2)27-11-9-12-28-62-80(6,7)52-44-50(127(122,123)124)32-33-59(52)108(62)41-14-10-13-29-63(110)95-40-42-109-64(111)45-60(72(109)119)125-46-58(65(81)112)107-71(118)57(26-20-39-101-78(92)93)106-70(117)56(25-19-38-100-77(90)91)105-69(116)55(24-18-37-99-76(88)89)104-68(115)54(23-17-36-98-75(86)87)103-67(114)53(22-16-35-97-74(84)85)102-66(113)48(3)21-15-34-96-73(82)83/h9,11-12,27-28,30-33,43-44,48,53-58,60H,8,10,13-26,29,34-42,45-46H2,1-7H3,(H2,81,112)(H,95,110)(H,102,113)(H,103,114)(H,104,115)(H,105,116)(H,106,117)(H,107,118)(H,120,121)(H4,82,83,96)(H4,84,85,97)(H4,86,87,98)(H4,88,89,99)(H4,90,91,100)(H4,92,93,101)(H,122,123,124)/p-1/b12-9+,27-11+,62-28+,94-61?/t48-,53-,54-,55-,56-,57-,58-,60?/m1/s1. The zero-order chi connectivity index (χ0) is 94.9. The Labute approximate surface area is 747 Å². The highest BCUT2D eigenvalue weighted by Gasteiger charge is 2.43. The van der Waals surface area contributed by atoms with Gasteiger partial charge in [0, 0.05) is 123 Å². The molecule has 1 saturated heterocycles. The van der Waals surface area contributed by atoms with Gasteiger partial charge in [-0.1, -0.05) is 65.3 Å². The molecule has 127 heavy (non-hydrogen) atoms. The second-order valence-electron chi connectivity index (χ2n) is 31.6. The Hall–Kier alpha value is -12.0. The summed E-state index contributed by atoms with van der Waals surface area (Å²) in [4.78, 5) is 148. The molecule has 10 amide bonds. The summed E-state index contributed by atoms with van der Waals surface area (Å²) in [5, 5.41) is 79.1. The van der Waals surface area contributed by atoms with Crippen LogP contribution in [0.25, 0.3) is 0 Å². The molecular weight excluding hydrogens is 1700 g/mol. The van der Waals surface area contributed by atoms with Crippen LogP contribution in [-0.4, -0.2) is 240 Å². The number of aryl methyl sites for hydroxylation is 1. The Morgan fingerprint density at radius 1 is 0.583 bits per heavy atom. The summed E-state index contributed by atoms with van der Waals surface area (Å²) in [7, 11) is -4.55. The second-order valence-corrected chi connectivity index (χ2v) is 35.2. The average Bonchev–Trinajstić information content (AvgIpc) is 1.59. The molecule has 0 saturated carbocycles. The number of hydrogen-bond donors (Lipinski definition) is 27. The molecule has 0 spiro atoms. The Balaban J connectivity index is 1.48. The van der Waals surface area contributed by atoms with E-state index >= 15 is 0 Å². The summed E-state index contributed by atoms with van der Waals surface area (Å²) < 4.78 is 58.6. The number of rotatable bonds is 57. The third-order valence-corrected chi connectivity index (χ3v) is 23.7. The summed E-state index contributed by atoms with van der Waals surface area (Å²) in [5.41, 5.74) is 42.1. The summed E-state index contributed by atoms with van der Waals surface area (Å²) >= 11 is -1.58. The fraction of sp³-hybridized carbons (Fsp3) is 0.562. The Morgan fingerprint density at radius 2 is 1.02 bits per heavy atom. The number of carbonyl (C=O) groups excluding carboxylic acids is 10. The summed E-state index contributed by atoms with van der Waals surface area (Å²) in [6.07, 6.45) is 11.1. The van der Waals surface area contributed by atoms with Gasteiger partial charge in [0.1, 0.15) is 36.3 Å². The highest BCUT2D eigenvalue weighted by Crippen LogP contribution is 2.49. The second kappa shape index (κ2) is 53.5. The number of anilines is 1. The molecule has 0 radical (unpaired) electrons. The van der Waals surface area contributed by atoms with Crippen molar-refractivity contribution in [2.24, 2.45) is 51.0 Å². The van der Waals surface area contributed by atoms with Crippen molar-refractivity contribution < 1.29 is 69.7 Å². The van der Waals surface area contributed by atoms with Crippen molar-refractivity contribution >= 4 is 139 Å². The van der Waals surface area contributed by atoms with Gasteiger partial charge in [0.05, 0.1) is 10.1 Å². The minimum Gasteiger partial charge on any atom is -0.768 e. The van der Waals surface area contributed by atoms with E-state index in [1.54, 1.807) is 31.2 Å². The van der Waals surface area contributed by atoms with Crippen molar-refractivity contribution in [2.45, 2.75) is 220 Å². The predicted octanol–water partition coefficient (Wildman–Crippen LogP) is -1.84. The molecule has 704 valence electrons. The molecule has 0 aliphatic carbocycles. The average molecular weight is 1830 g/mol. The minimum atomic E-state index is -4.55. The first-order valence-corrected chi connectivity index (χ1v) is 45.4. The van der Waals surface area contributed by atoms with Crippen LogP contribution in [0.1, 0.15) is 167 Å². The molecule has 2 aliphatic rings. The van der Waals surface area contributed by atoms with Crippen molar-refractivity contribution in [1.29, 1.82) is 32.5 Å². The molecular formula is C80H130N29O15S3-. The predicted molar refractivity (Wildman–Crippen MR) is 486 cm³/mol. The lowest BCUT2D eigenvalue weighted by molar-refractivity contribution is -0.138. The van der Waals surface area contributed by atoms with Crippen LogP contribution in [0.15, 0.2) is 87.3 Å². The number of hydrogen-bond acceptors (Lipinski definition) is 23. The van der Waals surface area contributed by atoms with Crippen LogP contribution in [0.2, 0.25) is 0 Å². The maximum atomic E-state index is 14.8. The number of nitrogens with one attached hydrogen (secondary N) is 19. The van der Waals surface area contributed by atoms with E-state index in [0.29, 0.717) is 57.3 Å². The summed E-state index contributed by atoms with van der Waals surface area (Å²) in [5.74, 6) is -11.1. The van der Waals surface area contributed by atoms with Gasteiger partial charge in [-0.2, -0.15) is 8.42 Å². The first kappa shape index (κ1) is 107. The largest absolute Gasteiger partial charge is 0.768 e.